The number of hydrogen-bond acceptors (Lipinski definition) is 3. The molecular formula is C22H38O3. The van der Waals surface area contributed by atoms with Crippen molar-refractivity contribution in [3.8, 4) is 0 Å². The van der Waals surface area contributed by atoms with Crippen molar-refractivity contribution in [3.05, 3.63) is 23.3 Å². The molecule has 0 heterocycles. The number of allylic oxidation sites excluding steroid dienone is 3. The number of ether oxygens (including phenoxy) is 1. The van der Waals surface area contributed by atoms with E-state index in [0.29, 0.717) is 32.3 Å². The third-order valence-corrected chi connectivity index (χ3v) is 4.16. The van der Waals surface area contributed by atoms with Crippen LogP contribution in [0.5, 0.6) is 0 Å². The first-order valence-corrected chi connectivity index (χ1v) is 9.92. The Labute approximate surface area is 154 Å². The Morgan fingerprint density at radius 1 is 0.800 bits per heavy atom. The Morgan fingerprint density at radius 2 is 1.48 bits per heavy atom. The summed E-state index contributed by atoms with van der Waals surface area (Å²) in [5, 5.41) is 0. The summed E-state index contributed by atoms with van der Waals surface area (Å²) >= 11 is 0. The molecule has 0 spiro atoms. The maximum atomic E-state index is 11.7. The smallest absolute Gasteiger partial charge is 0.306 e. The highest BCUT2D eigenvalue weighted by Gasteiger charge is 2.06. The molecule has 0 N–H and O–H groups in total. The molecule has 25 heavy (non-hydrogen) atoms. The van der Waals surface area contributed by atoms with Crippen molar-refractivity contribution < 1.29 is 14.3 Å². The number of carbonyl (C=O) groups is 2. The molecule has 0 saturated heterocycles. The summed E-state index contributed by atoms with van der Waals surface area (Å²) in [5.41, 5.74) is 2.57. The average Bonchev–Trinajstić information content (AvgIpc) is 2.54. The zero-order chi connectivity index (χ0) is 18.9. The molecule has 0 aromatic rings. The Morgan fingerprint density at radius 3 is 2.16 bits per heavy atom. The normalized spacial score (nSPS) is 11.3. The van der Waals surface area contributed by atoms with E-state index in [0.717, 1.165) is 25.7 Å². The van der Waals surface area contributed by atoms with Crippen LogP contribution in [0.3, 0.4) is 0 Å². The maximum absolute atomic E-state index is 11.7. The summed E-state index contributed by atoms with van der Waals surface area (Å²) in [6.45, 7) is 8.78. The van der Waals surface area contributed by atoms with E-state index in [9.17, 15) is 9.59 Å². The number of Topliss-reactive ketones (excluding diaryl/α,β-unsaturated/α-hetero) is 1. The van der Waals surface area contributed by atoms with Crippen LogP contribution < -0.4 is 0 Å². The molecule has 3 heteroatoms. The van der Waals surface area contributed by atoms with Gasteiger partial charge in [-0.15, -0.1) is 0 Å². The second-order valence-electron chi connectivity index (χ2n) is 7.11. The van der Waals surface area contributed by atoms with Crippen LogP contribution in [-0.2, 0) is 14.3 Å². The van der Waals surface area contributed by atoms with Gasteiger partial charge in [-0.05, 0) is 52.5 Å². The Hall–Kier alpha value is -1.38. The van der Waals surface area contributed by atoms with Gasteiger partial charge in [0.2, 0.25) is 0 Å². The molecular weight excluding hydrogens is 312 g/mol. The molecule has 144 valence electrons. The van der Waals surface area contributed by atoms with Crippen molar-refractivity contribution in [2.75, 3.05) is 6.61 Å². The molecule has 0 aliphatic carbocycles. The number of unbranched alkanes of at least 4 members (excludes halogenated alkanes) is 4. The van der Waals surface area contributed by atoms with Crippen LogP contribution in [0.4, 0.5) is 0 Å². The van der Waals surface area contributed by atoms with E-state index in [-0.39, 0.29) is 11.8 Å². The third kappa shape index (κ3) is 17.2. The Bertz CT molecular complexity index is 429. The van der Waals surface area contributed by atoms with E-state index in [1.54, 1.807) is 0 Å². The molecule has 0 unspecified atom stereocenters. The van der Waals surface area contributed by atoms with Gasteiger partial charge in [0.1, 0.15) is 12.4 Å². The zero-order valence-electron chi connectivity index (χ0n) is 16.9. The highest BCUT2D eigenvalue weighted by Crippen LogP contribution is 2.09. The first-order chi connectivity index (χ1) is 12.0. The van der Waals surface area contributed by atoms with Gasteiger partial charge in [0, 0.05) is 19.3 Å². The predicted octanol–water partition coefficient (Wildman–Crippen LogP) is 6.32. The molecule has 3 nitrogen and oxygen atoms in total. The van der Waals surface area contributed by atoms with Crippen molar-refractivity contribution in [1.82, 2.24) is 0 Å². The second-order valence-corrected chi connectivity index (χ2v) is 7.11. The number of carbonyl (C=O) groups excluding carboxylic acids is 2. The second kappa shape index (κ2) is 16.1. The SMILES string of the molecule is CCCCCCCC(=O)CCCC(=O)OCC=C(C)CCC=C(C)C. The minimum Gasteiger partial charge on any atom is -0.461 e. The van der Waals surface area contributed by atoms with E-state index in [4.69, 9.17) is 4.74 Å². The molecule has 0 rings (SSSR count). The summed E-state index contributed by atoms with van der Waals surface area (Å²) < 4.78 is 5.21. The van der Waals surface area contributed by atoms with E-state index in [2.05, 4.69) is 33.8 Å². The van der Waals surface area contributed by atoms with Gasteiger partial charge in [0.05, 0.1) is 0 Å². The molecule has 0 atom stereocenters. The summed E-state index contributed by atoms with van der Waals surface area (Å²) in [6, 6.07) is 0. The van der Waals surface area contributed by atoms with Crippen molar-refractivity contribution in [1.29, 1.82) is 0 Å². The van der Waals surface area contributed by atoms with Crippen molar-refractivity contribution in [2.24, 2.45) is 0 Å². The average molecular weight is 351 g/mol. The Kier molecular flexibility index (Phi) is 15.2. The molecule has 0 aromatic carbocycles. The van der Waals surface area contributed by atoms with E-state index in [1.807, 2.05) is 6.08 Å². The van der Waals surface area contributed by atoms with Crippen LogP contribution in [0.15, 0.2) is 23.3 Å². The van der Waals surface area contributed by atoms with Gasteiger partial charge in [-0.2, -0.15) is 0 Å². The first kappa shape index (κ1) is 23.6. The minimum absolute atomic E-state index is 0.205. The standard InChI is InChI=1S/C22H38O3/c1-5-6-7-8-9-14-21(23)15-11-16-22(24)25-18-17-20(4)13-10-12-19(2)3/h12,17H,5-11,13-16,18H2,1-4H3. The Balaban J connectivity index is 3.66. The van der Waals surface area contributed by atoms with Crippen molar-refractivity contribution in [3.63, 3.8) is 0 Å². The first-order valence-electron chi connectivity index (χ1n) is 9.92. The lowest BCUT2D eigenvalue weighted by Crippen LogP contribution is -2.06. The molecule has 0 saturated carbocycles. The summed E-state index contributed by atoms with van der Waals surface area (Å²) in [4.78, 5) is 23.4. The lowest BCUT2D eigenvalue weighted by atomic mass is 10.1. The summed E-state index contributed by atoms with van der Waals surface area (Å²) in [7, 11) is 0. The van der Waals surface area contributed by atoms with Crippen molar-refractivity contribution in [2.45, 2.75) is 98.3 Å². The third-order valence-electron chi connectivity index (χ3n) is 4.16. The van der Waals surface area contributed by atoms with Gasteiger partial charge >= 0.3 is 5.97 Å². The highest BCUT2D eigenvalue weighted by molar-refractivity contribution is 5.79. The van der Waals surface area contributed by atoms with Crippen molar-refractivity contribution >= 4 is 11.8 Å². The minimum atomic E-state index is -0.205. The largest absolute Gasteiger partial charge is 0.461 e. The van der Waals surface area contributed by atoms with Gasteiger partial charge in [-0.25, -0.2) is 0 Å². The molecule has 0 radical (unpaired) electrons. The number of hydrogen-bond donors (Lipinski definition) is 0. The maximum Gasteiger partial charge on any atom is 0.306 e. The van der Waals surface area contributed by atoms with Crippen LogP contribution in [0.2, 0.25) is 0 Å². The van der Waals surface area contributed by atoms with Crippen LogP contribution in [0, 0.1) is 0 Å². The zero-order valence-corrected chi connectivity index (χ0v) is 16.9. The highest BCUT2D eigenvalue weighted by atomic mass is 16.5. The molecule has 0 aromatic heterocycles. The van der Waals surface area contributed by atoms with Gasteiger partial charge in [-0.3, -0.25) is 9.59 Å². The lowest BCUT2D eigenvalue weighted by molar-refractivity contribution is -0.142. The van der Waals surface area contributed by atoms with E-state index in [1.165, 1.54) is 30.4 Å². The number of esters is 1. The van der Waals surface area contributed by atoms with Crippen LogP contribution in [0.25, 0.3) is 0 Å². The fourth-order valence-corrected chi connectivity index (χ4v) is 2.52. The lowest BCUT2D eigenvalue weighted by Gasteiger charge is -2.04. The molecule has 0 bridgehead atoms. The van der Waals surface area contributed by atoms with E-state index >= 15 is 0 Å². The summed E-state index contributed by atoms with van der Waals surface area (Å²) in [6.07, 6.45) is 14.1. The molecule has 0 aliphatic rings. The van der Waals surface area contributed by atoms with Gasteiger partial charge in [0.25, 0.3) is 0 Å². The van der Waals surface area contributed by atoms with Gasteiger partial charge in [0.15, 0.2) is 0 Å². The molecule has 0 aliphatic heterocycles. The van der Waals surface area contributed by atoms with Crippen LogP contribution in [0.1, 0.15) is 98.3 Å². The van der Waals surface area contributed by atoms with Gasteiger partial charge < -0.3 is 4.74 Å². The molecule has 0 fully saturated rings. The summed E-state index contributed by atoms with van der Waals surface area (Å²) in [5.74, 6) is 0.0726. The topological polar surface area (TPSA) is 43.4 Å². The molecule has 0 amide bonds. The van der Waals surface area contributed by atoms with Crippen LogP contribution in [-0.4, -0.2) is 18.4 Å². The fraction of sp³-hybridized carbons (Fsp3) is 0.727. The van der Waals surface area contributed by atoms with Gasteiger partial charge in [-0.1, -0.05) is 49.8 Å². The number of ketones is 1. The quantitative estimate of drug-likeness (QED) is 0.197. The van der Waals surface area contributed by atoms with E-state index < -0.39 is 0 Å². The number of rotatable bonds is 15. The van der Waals surface area contributed by atoms with Crippen LogP contribution >= 0.6 is 0 Å². The predicted molar refractivity (Wildman–Crippen MR) is 106 cm³/mol. The monoisotopic (exact) mass is 350 g/mol. The fourth-order valence-electron chi connectivity index (χ4n) is 2.52.